The summed E-state index contributed by atoms with van der Waals surface area (Å²) in [6, 6.07) is 16.8. The Morgan fingerprint density at radius 3 is 2.46 bits per heavy atom. The summed E-state index contributed by atoms with van der Waals surface area (Å²) in [5, 5.41) is 8.65. The lowest BCUT2D eigenvalue weighted by Gasteiger charge is -2.12. The van der Waals surface area contributed by atoms with E-state index in [9.17, 15) is 9.59 Å². The smallest absolute Gasteiger partial charge is 0.251 e. The van der Waals surface area contributed by atoms with Gasteiger partial charge in [0.25, 0.3) is 5.91 Å². The number of amides is 2. The van der Waals surface area contributed by atoms with Crippen molar-refractivity contribution in [2.75, 3.05) is 5.32 Å². The number of aryl methyl sites for hydroxylation is 1. The fourth-order valence-corrected chi connectivity index (χ4v) is 2.57. The molecule has 0 unspecified atom stereocenters. The number of carbonyl (C=O) groups is 2. The molecular formula is C20H23N3O2S. The van der Waals surface area contributed by atoms with Gasteiger partial charge >= 0.3 is 0 Å². The second-order valence-electron chi connectivity index (χ2n) is 6.20. The van der Waals surface area contributed by atoms with Crippen molar-refractivity contribution in [2.45, 2.75) is 32.7 Å². The van der Waals surface area contributed by atoms with Gasteiger partial charge < -0.3 is 16.0 Å². The van der Waals surface area contributed by atoms with E-state index >= 15 is 0 Å². The molecule has 136 valence electrons. The predicted octanol–water partition coefficient (Wildman–Crippen LogP) is 3.27. The number of nitrogens with one attached hydrogen (secondary N) is 3. The minimum absolute atomic E-state index is 0.0593. The Labute approximate surface area is 159 Å². The van der Waals surface area contributed by atoms with Crippen LogP contribution in [0.5, 0.6) is 0 Å². The molecule has 0 bridgehead atoms. The van der Waals surface area contributed by atoms with E-state index in [2.05, 4.69) is 16.0 Å². The van der Waals surface area contributed by atoms with Crippen molar-refractivity contribution in [3.63, 3.8) is 0 Å². The Kier molecular flexibility index (Phi) is 7.29. The molecule has 0 aliphatic carbocycles. The highest BCUT2D eigenvalue weighted by Crippen LogP contribution is 2.11. The maximum atomic E-state index is 12.0. The molecule has 2 aromatic carbocycles. The van der Waals surface area contributed by atoms with Crippen LogP contribution in [-0.4, -0.2) is 23.0 Å². The molecular weight excluding hydrogens is 346 g/mol. The van der Waals surface area contributed by atoms with Crippen molar-refractivity contribution in [3.05, 3.63) is 65.7 Å². The van der Waals surface area contributed by atoms with Crippen LogP contribution >= 0.6 is 12.2 Å². The average Bonchev–Trinajstić information content (AvgIpc) is 2.60. The predicted molar refractivity (Wildman–Crippen MR) is 108 cm³/mol. The number of hydrogen-bond acceptors (Lipinski definition) is 3. The third-order valence-electron chi connectivity index (χ3n) is 3.54. The molecule has 0 fully saturated rings. The Hall–Kier alpha value is -2.73. The van der Waals surface area contributed by atoms with Crippen molar-refractivity contribution in [2.24, 2.45) is 0 Å². The molecule has 0 saturated carbocycles. The number of carbonyl (C=O) groups excluding carboxylic acids is 2. The molecule has 26 heavy (non-hydrogen) atoms. The van der Waals surface area contributed by atoms with E-state index in [-0.39, 0.29) is 23.0 Å². The summed E-state index contributed by atoms with van der Waals surface area (Å²) in [4.78, 5) is 24.1. The summed E-state index contributed by atoms with van der Waals surface area (Å²) in [5.74, 6) is -0.304. The van der Waals surface area contributed by atoms with Gasteiger partial charge in [-0.3, -0.25) is 9.59 Å². The first-order chi connectivity index (χ1) is 12.4. The molecule has 5 nitrogen and oxygen atoms in total. The molecule has 3 N–H and O–H groups in total. The van der Waals surface area contributed by atoms with Crippen molar-refractivity contribution < 1.29 is 9.59 Å². The van der Waals surface area contributed by atoms with Crippen molar-refractivity contribution >= 4 is 34.8 Å². The third kappa shape index (κ3) is 6.64. The maximum Gasteiger partial charge on any atom is 0.251 e. The van der Waals surface area contributed by atoms with Crippen LogP contribution in [0.3, 0.4) is 0 Å². The van der Waals surface area contributed by atoms with Gasteiger partial charge in [0.15, 0.2) is 5.11 Å². The number of anilines is 1. The van der Waals surface area contributed by atoms with Gasteiger partial charge in [-0.1, -0.05) is 36.4 Å². The van der Waals surface area contributed by atoms with E-state index in [0.29, 0.717) is 24.1 Å². The minimum atomic E-state index is -0.153. The zero-order valence-corrected chi connectivity index (χ0v) is 15.7. The first kappa shape index (κ1) is 19.6. The third-order valence-corrected chi connectivity index (χ3v) is 3.74. The Bertz CT molecular complexity index is 776. The Morgan fingerprint density at radius 2 is 1.77 bits per heavy atom. The number of rotatable bonds is 6. The summed E-state index contributed by atoms with van der Waals surface area (Å²) >= 11 is 5.18. The van der Waals surface area contributed by atoms with E-state index in [4.69, 9.17) is 12.2 Å². The zero-order chi connectivity index (χ0) is 18.9. The second kappa shape index (κ2) is 9.68. The van der Waals surface area contributed by atoms with Gasteiger partial charge in [-0.25, -0.2) is 0 Å². The fraction of sp³-hybridized carbons (Fsp3) is 0.250. The lowest BCUT2D eigenvalue weighted by atomic mass is 10.1. The van der Waals surface area contributed by atoms with Crippen LogP contribution in [0.2, 0.25) is 0 Å². The normalized spacial score (nSPS) is 10.3. The maximum absolute atomic E-state index is 12.0. The van der Waals surface area contributed by atoms with Crippen LogP contribution < -0.4 is 16.0 Å². The van der Waals surface area contributed by atoms with Crippen LogP contribution in [0.25, 0.3) is 0 Å². The van der Waals surface area contributed by atoms with Gasteiger partial charge in [-0.05, 0) is 56.2 Å². The van der Waals surface area contributed by atoms with Crippen LogP contribution in [0.1, 0.15) is 36.2 Å². The quantitative estimate of drug-likeness (QED) is 0.684. The molecule has 2 aromatic rings. The van der Waals surface area contributed by atoms with Crippen LogP contribution in [0.4, 0.5) is 5.69 Å². The van der Waals surface area contributed by atoms with E-state index in [1.165, 1.54) is 0 Å². The highest BCUT2D eigenvalue weighted by molar-refractivity contribution is 7.80. The van der Waals surface area contributed by atoms with E-state index in [0.717, 1.165) is 5.56 Å². The van der Waals surface area contributed by atoms with Gasteiger partial charge in [0.05, 0.1) is 0 Å². The molecule has 2 rings (SSSR count). The Balaban J connectivity index is 1.85. The summed E-state index contributed by atoms with van der Waals surface area (Å²) in [6.45, 7) is 3.81. The molecule has 0 heterocycles. The van der Waals surface area contributed by atoms with Gasteiger partial charge in [-0.15, -0.1) is 0 Å². The first-order valence-electron chi connectivity index (χ1n) is 8.49. The van der Waals surface area contributed by atoms with Crippen LogP contribution in [0.15, 0.2) is 54.6 Å². The molecule has 0 spiro atoms. The second-order valence-corrected chi connectivity index (χ2v) is 6.61. The SMILES string of the molecule is CC(C)NC(=O)c1cccc(NC(=S)NC(=O)CCc2ccccc2)c1. The first-order valence-corrected chi connectivity index (χ1v) is 8.90. The highest BCUT2D eigenvalue weighted by atomic mass is 32.1. The monoisotopic (exact) mass is 369 g/mol. The summed E-state index contributed by atoms with van der Waals surface area (Å²) in [6.07, 6.45) is 1.00. The Morgan fingerprint density at radius 1 is 1.04 bits per heavy atom. The molecule has 6 heteroatoms. The molecule has 0 atom stereocenters. The van der Waals surface area contributed by atoms with Crippen molar-refractivity contribution in [1.29, 1.82) is 0 Å². The van der Waals surface area contributed by atoms with Gasteiger partial charge in [0, 0.05) is 23.7 Å². The molecule has 0 aliphatic heterocycles. The van der Waals surface area contributed by atoms with E-state index in [1.807, 2.05) is 44.2 Å². The van der Waals surface area contributed by atoms with Crippen LogP contribution in [-0.2, 0) is 11.2 Å². The summed E-state index contributed by atoms with van der Waals surface area (Å²) < 4.78 is 0. The lowest BCUT2D eigenvalue weighted by Crippen LogP contribution is -2.34. The number of thiocarbonyl (C=S) groups is 1. The van der Waals surface area contributed by atoms with E-state index < -0.39 is 0 Å². The molecule has 0 aliphatic rings. The molecule has 0 saturated heterocycles. The van der Waals surface area contributed by atoms with Crippen molar-refractivity contribution in [3.8, 4) is 0 Å². The largest absolute Gasteiger partial charge is 0.350 e. The van der Waals surface area contributed by atoms with Gasteiger partial charge in [0.2, 0.25) is 5.91 Å². The summed E-state index contributed by atoms with van der Waals surface area (Å²) in [5.41, 5.74) is 2.28. The molecule has 2 amide bonds. The van der Waals surface area contributed by atoms with Gasteiger partial charge in [0.1, 0.15) is 0 Å². The van der Waals surface area contributed by atoms with Gasteiger partial charge in [-0.2, -0.15) is 0 Å². The average molecular weight is 369 g/mol. The zero-order valence-electron chi connectivity index (χ0n) is 14.9. The minimum Gasteiger partial charge on any atom is -0.350 e. The summed E-state index contributed by atoms with van der Waals surface area (Å²) in [7, 11) is 0. The van der Waals surface area contributed by atoms with Crippen molar-refractivity contribution in [1.82, 2.24) is 10.6 Å². The van der Waals surface area contributed by atoms with Crippen LogP contribution in [0, 0.1) is 0 Å². The fourth-order valence-electron chi connectivity index (χ4n) is 2.34. The molecule has 0 radical (unpaired) electrons. The molecule has 0 aromatic heterocycles. The van der Waals surface area contributed by atoms with E-state index in [1.54, 1.807) is 24.3 Å². The standard InChI is InChI=1S/C20H23N3O2S/c1-14(2)21-19(25)16-9-6-10-17(13-16)22-20(26)23-18(24)12-11-15-7-4-3-5-8-15/h3-10,13-14H,11-12H2,1-2H3,(H,21,25)(H2,22,23,24,26). The topological polar surface area (TPSA) is 70.2 Å². The lowest BCUT2D eigenvalue weighted by molar-refractivity contribution is -0.119. The number of hydrogen-bond donors (Lipinski definition) is 3. The highest BCUT2D eigenvalue weighted by Gasteiger charge is 2.09. The number of benzene rings is 2.